The molecule has 2 rings (SSSR count). The predicted molar refractivity (Wildman–Crippen MR) is 77.7 cm³/mol. The second-order valence-electron chi connectivity index (χ2n) is 4.51. The summed E-state index contributed by atoms with van der Waals surface area (Å²) in [6.07, 6.45) is 2.11. The summed E-state index contributed by atoms with van der Waals surface area (Å²) in [5.74, 6) is 0.599. The SMILES string of the molecule is CSc1cccc(-c2ccc(C(C)C)cc2)c1. The highest BCUT2D eigenvalue weighted by atomic mass is 32.2. The number of thioether (sulfide) groups is 1. The van der Waals surface area contributed by atoms with Gasteiger partial charge in [0.1, 0.15) is 0 Å². The van der Waals surface area contributed by atoms with Crippen LogP contribution in [0.25, 0.3) is 11.1 Å². The van der Waals surface area contributed by atoms with Gasteiger partial charge in [-0.15, -0.1) is 11.8 Å². The van der Waals surface area contributed by atoms with Crippen LogP contribution >= 0.6 is 11.8 Å². The van der Waals surface area contributed by atoms with E-state index in [-0.39, 0.29) is 0 Å². The first-order valence-electron chi connectivity index (χ1n) is 5.95. The van der Waals surface area contributed by atoms with Gasteiger partial charge in [-0.05, 0) is 41.0 Å². The molecule has 88 valence electrons. The van der Waals surface area contributed by atoms with Gasteiger partial charge in [0.15, 0.2) is 0 Å². The number of hydrogen-bond donors (Lipinski definition) is 0. The molecule has 0 saturated heterocycles. The fourth-order valence-electron chi connectivity index (χ4n) is 1.86. The van der Waals surface area contributed by atoms with Gasteiger partial charge < -0.3 is 0 Å². The Morgan fingerprint density at radius 3 is 2.18 bits per heavy atom. The Bertz CT molecular complexity index is 483. The van der Waals surface area contributed by atoms with E-state index in [1.54, 1.807) is 11.8 Å². The summed E-state index contributed by atoms with van der Waals surface area (Å²) >= 11 is 1.79. The van der Waals surface area contributed by atoms with Crippen LogP contribution in [0.2, 0.25) is 0 Å². The molecule has 0 heterocycles. The average molecular weight is 242 g/mol. The third-order valence-electron chi connectivity index (χ3n) is 2.98. The van der Waals surface area contributed by atoms with Gasteiger partial charge in [-0.25, -0.2) is 0 Å². The van der Waals surface area contributed by atoms with E-state index in [2.05, 4.69) is 68.6 Å². The zero-order valence-electron chi connectivity index (χ0n) is 10.6. The van der Waals surface area contributed by atoms with Crippen molar-refractivity contribution in [3.63, 3.8) is 0 Å². The Hall–Kier alpha value is -1.21. The van der Waals surface area contributed by atoms with Crippen LogP contribution in [0.5, 0.6) is 0 Å². The van der Waals surface area contributed by atoms with Gasteiger partial charge >= 0.3 is 0 Å². The first-order valence-corrected chi connectivity index (χ1v) is 7.17. The number of hydrogen-bond acceptors (Lipinski definition) is 1. The maximum atomic E-state index is 2.25. The molecule has 2 aromatic carbocycles. The van der Waals surface area contributed by atoms with E-state index < -0.39 is 0 Å². The molecule has 0 unspecified atom stereocenters. The highest BCUT2D eigenvalue weighted by Crippen LogP contribution is 2.26. The molecule has 2 aromatic rings. The summed E-state index contributed by atoms with van der Waals surface area (Å²) < 4.78 is 0. The van der Waals surface area contributed by atoms with Crippen molar-refractivity contribution in [1.29, 1.82) is 0 Å². The van der Waals surface area contributed by atoms with Crippen molar-refractivity contribution in [2.24, 2.45) is 0 Å². The van der Waals surface area contributed by atoms with Crippen molar-refractivity contribution in [3.8, 4) is 11.1 Å². The van der Waals surface area contributed by atoms with Crippen LogP contribution in [0.4, 0.5) is 0 Å². The lowest BCUT2D eigenvalue weighted by molar-refractivity contribution is 0.867. The smallest absolute Gasteiger partial charge is 0.00752 e. The van der Waals surface area contributed by atoms with Gasteiger partial charge in [0.05, 0.1) is 0 Å². The van der Waals surface area contributed by atoms with Gasteiger partial charge in [-0.1, -0.05) is 50.2 Å². The zero-order chi connectivity index (χ0) is 12.3. The summed E-state index contributed by atoms with van der Waals surface area (Å²) in [5, 5.41) is 0. The zero-order valence-corrected chi connectivity index (χ0v) is 11.4. The molecular formula is C16H18S. The fraction of sp³-hybridized carbons (Fsp3) is 0.250. The molecule has 0 spiro atoms. The molecule has 0 N–H and O–H groups in total. The van der Waals surface area contributed by atoms with Gasteiger partial charge in [0.2, 0.25) is 0 Å². The van der Waals surface area contributed by atoms with Crippen molar-refractivity contribution >= 4 is 11.8 Å². The highest BCUT2D eigenvalue weighted by Gasteiger charge is 2.01. The first kappa shape index (κ1) is 12.3. The quantitative estimate of drug-likeness (QED) is 0.667. The minimum atomic E-state index is 0.599. The molecule has 0 aliphatic heterocycles. The van der Waals surface area contributed by atoms with E-state index in [9.17, 15) is 0 Å². The molecular weight excluding hydrogens is 224 g/mol. The summed E-state index contributed by atoms with van der Waals surface area (Å²) in [5.41, 5.74) is 3.99. The Kier molecular flexibility index (Phi) is 3.90. The molecule has 0 aliphatic carbocycles. The monoisotopic (exact) mass is 242 g/mol. The van der Waals surface area contributed by atoms with Crippen molar-refractivity contribution in [2.45, 2.75) is 24.7 Å². The Morgan fingerprint density at radius 1 is 0.882 bits per heavy atom. The Labute approximate surface area is 108 Å². The molecule has 1 heteroatoms. The molecule has 0 saturated carbocycles. The summed E-state index contributed by atoms with van der Waals surface area (Å²) in [7, 11) is 0. The van der Waals surface area contributed by atoms with E-state index in [1.165, 1.54) is 21.6 Å². The number of rotatable bonds is 3. The maximum Gasteiger partial charge on any atom is 0.00752 e. The van der Waals surface area contributed by atoms with Gasteiger partial charge in [-0.2, -0.15) is 0 Å². The van der Waals surface area contributed by atoms with Crippen molar-refractivity contribution in [3.05, 3.63) is 54.1 Å². The number of benzene rings is 2. The summed E-state index contributed by atoms with van der Waals surface area (Å²) in [6, 6.07) is 17.6. The normalized spacial score (nSPS) is 10.8. The highest BCUT2D eigenvalue weighted by molar-refractivity contribution is 7.98. The first-order chi connectivity index (χ1) is 8.20. The third kappa shape index (κ3) is 2.92. The molecule has 0 nitrogen and oxygen atoms in total. The van der Waals surface area contributed by atoms with Crippen LogP contribution in [-0.4, -0.2) is 6.26 Å². The van der Waals surface area contributed by atoms with Crippen LogP contribution in [-0.2, 0) is 0 Å². The van der Waals surface area contributed by atoms with E-state index >= 15 is 0 Å². The molecule has 0 aromatic heterocycles. The second-order valence-corrected chi connectivity index (χ2v) is 5.39. The third-order valence-corrected chi connectivity index (χ3v) is 3.71. The molecule has 17 heavy (non-hydrogen) atoms. The lowest BCUT2D eigenvalue weighted by Gasteiger charge is -2.08. The van der Waals surface area contributed by atoms with Crippen LogP contribution in [0.1, 0.15) is 25.3 Å². The molecule has 0 amide bonds. The van der Waals surface area contributed by atoms with Crippen LogP contribution < -0.4 is 0 Å². The fourth-order valence-corrected chi connectivity index (χ4v) is 2.32. The van der Waals surface area contributed by atoms with Crippen LogP contribution in [0.15, 0.2) is 53.4 Å². The maximum absolute atomic E-state index is 2.25. The van der Waals surface area contributed by atoms with Gasteiger partial charge in [-0.3, -0.25) is 0 Å². The van der Waals surface area contributed by atoms with Crippen molar-refractivity contribution in [2.75, 3.05) is 6.26 Å². The van der Waals surface area contributed by atoms with Gasteiger partial charge in [0, 0.05) is 4.90 Å². The van der Waals surface area contributed by atoms with E-state index in [0.717, 1.165) is 0 Å². The van der Waals surface area contributed by atoms with E-state index in [4.69, 9.17) is 0 Å². The second kappa shape index (κ2) is 5.42. The van der Waals surface area contributed by atoms with Crippen molar-refractivity contribution < 1.29 is 0 Å². The van der Waals surface area contributed by atoms with E-state index in [1.807, 2.05) is 0 Å². The minimum Gasteiger partial charge on any atom is -0.130 e. The lowest BCUT2D eigenvalue weighted by atomic mass is 9.99. The van der Waals surface area contributed by atoms with E-state index in [0.29, 0.717) is 5.92 Å². The van der Waals surface area contributed by atoms with Crippen molar-refractivity contribution in [1.82, 2.24) is 0 Å². The lowest BCUT2D eigenvalue weighted by Crippen LogP contribution is -1.86. The Balaban J connectivity index is 2.32. The Morgan fingerprint density at radius 2 is 1.59 bits per heavy atom. The molecule has 0 atom stereocenters. The van der Waals surface area contributed by atoms with Crippen LogP contribution in [0, 0.1) is 0 Å². The summed E-state index contributed by atoms with van der Waals surface area (Å²) in [6.45, 7) is 4.45. The summed E-state index contributed by atoms with van der Waals surface area (Å²) in [4.78, 5) is 1.32. The average Bonchev–Trinajstić information content (AvgIpc) is 2.39. The predicted octanol–water partition coefficient (Wildman–Crippen LogP) is 5.20. The van der Waals surface area contributed by atoms with Gasteiger partial charge in [0.25, 0.3) is 0 Å². The molecule has 0 bridgehead atoms. The molecule has 0 fully saturated rings. The topological polar surface area (TPSA) is 0 Å². The molecule has 0 radical (unpaired) electrons. The standard InChI is InChI=1S/C16H18S/c1-12(2)13-7-9-14(10-8-13)15-5-4-6-16(11-15)17-3/h4-12H,1-3H3. The van der Waals surface area contributed by atoms with Crippen LogP contribution in [0.3, 0.4) is 0 Å². The minimum absolute atomic E-state index is 0.599. The largest absolute Gasteiger partial charge is 0.130 e. The molecule has 0 aliphatic rings.